The summed E-state index contributed by atoms with van der Waals surface area (Å²) in [5, 5.41) is 6.71. The predicted molar refractivity (Wildman–Crippen MR) is 91.6 cm³/mol. The molecule has 114 valence electrons. The molecule has 5 nitrogen and oxygen atoms in total. The number of H-pyrrole nitrogens is 1. The summed E-state index contributed by atoms with van der Waals surface area (Å²) >= 11 is 3.37. The number of hydrogen-bond donors (Lipinski definition) is 3. The second kappa shape index (κ2) is 5.24. The zero-order chi connectivity index (χ0) is 16.0. The first-order chi connectivity index (χ1) is 11.1. The molecular weight excluding hydrogens is 358 g/mol. The van der Waals surface area contributed by atoms with Gasteiger partial charge in [0.15, 0.2) is 6.17 Å². The van der Waals surface area contributed by atoms with Crippen LogP contribution >= 0.6 is 15.9 Å². The molecule has 0 bridgehead atoms. The minimum absolute atomic E-state index is 0.142. The van der Waals surface area contributed by atoms with Gasteiger partial charge < -0.3 is 15.6 Å². The van der Waals surface area contributed by atoms with Gasteiger partial charge in [-0.1, -0.05) is 34.1 Å². The number of hydrogen-bond acceptors (Lipinski definition) is 3. The van der Waals surface area contributed by atoms with Gasteiger partial charge in [-0.15, -0.1) is 0 Å². The standard InChI is InChI=1S/C17H12BrN3O2/c18-10-5-6-11-13(8-10)20-16(15(11)22)21-17(23)14-7-9-3-1-2-4-12(9)19-14/h1-8,16,19-20H,(H,21,23). The van der Waals surface area contributed by atoms with Gasteiger partial charge in [0.1, 0.15) is 5.69 Å². The Hall–Kier alpha value is -2.60. The number of carbonyl (C=O) groups excluding carboxylic acids is 2. The summed E-state index contributed by atoms with van der Waals surface area (Å²) in [7, 11) is 0. The third kappa shape index (κ3) is 2.41. The lowest BCUT2D eigenvalue weighted by Gasteiger charge is -2.11. The van der Waals surface area contributed by atoms with E-state index in [0.29, 0.717) is 16.9 Å². The van der Waals surface area contributed by atoms with Crippen LogP contribution in [-0.4, -0.2) is 22.8 Å². The van der Waals surface area contributed by atoms with Gasteiger partial charge in [-0.25, -0.2) is 0 Å². The van der Waals surface area contributed by atoms with Gasteiger partial charge >= 0.3 is 0 Å². The van der Waals surface area contributed by atoms with Crippen molar-refractivity contribution in [3.63, 3.8) is 0 Å². The van der Waals surface area contributed by atoms with Crippen LogP contribution in [0.15, 0.2) is 53.0 Å². The summed E-state index contributed by atoms with van der Waals surface area (Å²) < 4.78 is 0.874. The van der Waals surface area contributed by atoms with E-state index in [4.69, 9.17) is 0 Å². The maximum absolute atomic E-state index is 12.4. The smallest absolute Gasteiger partial charge is 0.269 e. The number of halogens is 1. The van der Waals surface area contributed by atoms with Crippen LogP contribution in [0.1, 0.15) is 20.8 Å². The van der Waals surface area contributed by atoms with Crippen LogP contribution in [0, 0.1) is 0 Å². The van der Waals surface area contributed by atoms with Crippen molar-refractivity contribution in [2.45, 2.75) is 6.17 Å². The summed E-state index contributed by atoms with van der Waals surface area (Å²) in [6.45, 7) is 0. The fourth-order valence-electron chi connectivity index (χ4n) is 2.73. The Kier molecular flexibility index (Phi) is 3.20. The van der Waals surface area contributed by atoms with Crippen LogP contribution in [0.3, 0.4) is 0 Å². The molecule has 23 heavy (non-hydrogen) atoms. The van der Waals surface area contributed by atoms with E-state index in [0.717, 1.165) is 15.4 Å². The topological polar surface area (TPSA) is 74.0 Å². The van der Waals surface area contributed by atoms with Crippen LogP contribution < -0.4 is 10.6 Å². The average molecular weight is 370 g/mol. The lowest BCUT2D eigenvalue weighted by atomic mass is 10.1. The average Bonchev–Trinajstić information content (AvgIpc) is 3.09. The minimum Gasteiger partial charge on any atom is -0.358 e. The van der Waals surface area contributed by atoms with Gasteiger partial charge in [-0.2, -0.15) is 0 Å². The second-order valence-corrected chi connectivity index (χ2v) is 6.29. The minimum atomic E-state index is -0.752. The molecule has 1 unspecified atom stereocenters. The molecule has 3 aromatic rings. The number of amides is 1. The molecule has 3 N–H and O–H groups in total. The normalized spacial score (nSPS) is 16.2. The molecule has 1 aliphatic heterocycles. The monoisotopic (exact) mass is 369 g/mol. The van der Waals surface area contributed by atoms with E-state index in [1.54, 1.807) is 18.2 Å². The molecule has 1 amide bonds. The molecule has 1 aromatic heterocycles. The summed E-state index contributed by atoms with van der Waals surface area (Å²) in [5.41, 5.74) is 2.61. The number of rotatable bonds is 2. The van der Waals surface area contributed by atoms with Gasteiger partial charge in [0, 0.05) is 26.6 Å². The van der Waals surface area contributed by atoms with Gasteiger partial charge in [0.05, 0.1) is 0 Å². The molecule has 6 heteroatoms. The summed E-state index contributed by atoms with van der Waals surface area (Å²) in [5.74, 6) is -0.462. The van der Waals surface area contributed by atoms with Crippen molar-refractivity contribution in [3.05, 3.63) is 64.3 Å². The molecule has 0 saturated carbocycles. The highest BCUT2D eigenvalue weighted by Crippen LogP contribution is 2.28. The molecule has 2 aromatic carbocycles. The molecule has 0 saturated heterocycles. The number of ketones is 1. The third-order valence-electron chi connectivity index (χ3n) is 3.86. The Morgan fingerprint density at radius 1 is 1.13 bits per heavy atom. The number of benzene rings is 2. The maximum atomic E-state index is 12.4. The van der Waals surface area contributed by atoms with Crippen molar-refractivity contribution >= 4 is 44.2 Å². The first-order valence-corrected chi connectivity index (χ1v) is 7.90. The lowest BCUT2D eigenvalue weighted by molar-refractivity contribution is 0.0874. The van der Waals surface area contributed by atoms with E-state index in [-0.39, 0.29) is 11.7 Å². The van der Waals surface area contributed by atoms with E-state index < -0.39 is 6.17 Å². The highest BCUT2D eigenvalue weighted by Gasteiger charge is 2.31. The quantitative estimate of drug-likeness (QED) is 0.648. The summed E-state index contributed by atoms with van der Waals surface area (Å²) in [6, 6.07) is 14.8. The van der Waals surface area contributed by atoms with Crippen LogP contribution in [0.4, 0.5) is 5.69 Å². The number of nitrogens with one attached hydrogen (secondary N) is 3. The number of para-hydroxylation sites is 1. The Labute approximate surface area is 140 Å². The summed E-state index contributed by atoms with van der Waals surface area (Å²) in [6.07, 6.45) is -0.752. The van der Waals surface area contributed by atoms with Gasteiger partial charge in [0.2, 0.25) is 5.78 Å². The lowest BCUT2D eigenvalue weighted by Crippen LogP contribution is -2.42. The molecule has 1 atom stereocenters. The van der Waals surface area contributed by atoms with Crippen LogP contribution in [-0.2, 0) is 0 Å². The van der Waals surface area contributed by atoms with Crippen molar-refractivity contribution in [2.75, 3.05) is 5.32 Å². The fourth-order valence-corrected chi connectivity index (χ4v) is 3.09. The molecular formula is C17H12BrN3O2. The number of aromatic amines is 1. The van der Waals surface area contributed by atoms with Crippen molar-refractivity contribution < 1.29 is 9.59 Å². The second-order valence-electron chi connectivity index (χ2n) is 5.38. The fraction of sp³-hybridized carbons (Fsp3) is 0.0588. The van der Waals surface area contributed by atoms with Crippen LogP contribution in [0.2, 0.25) is 0 Å². The van der Waals surface area contributed by atoms with Crippen molar-refractivity contribution in [3.8, 4) is 0 Å². The Bertz CT molecular complexity index is 915. The Morgan fingerprint density at radius 3 is 2.78 bits per heavy atom. The first kappa shape index (κ1) is 14.0. The number of carbonyl (C=O) groups is 2. The highest BCUT2D eigenvalue weighted by atomic mass is 79.9. The number of Topliss-reactive ketones (excluding diaryl/α,β-unsaturated/α-hetero) is 1. The molecule has 0 aliphatic carbocycles. The molecule has 2 heterocycles. The zero-order valence-electron chi connectivity index (χ0n) is 11.9. The Balaban J connectivity index is 1.57. The van der Waals surface area contributed by atoms with Gasteiger partial charge in [0.25, 0.3) is 5.91 Å². The van der Waals surface area contributed by atoms with Crippen molar-refractivity contribution in [1.82, 2.24) is 10.3 Å². The molecule has 4 rings (SSSR count). The van der Waals surface area contributed by atoms with E-state index in [1.807, 2.05) is 30.3 Å². The van der Waals surface area contributed by atoms with Crippen molar-refractivity contribution in [2.24, 2.45) is 0 Å². The number of anilines is 1. The highest BCUT2D eigenvalue weighted by molar-refractivity contribution is 9.10. The van der Waals surface area contributed by atoms with Crippen molar-refractivity contribution in [1.29, 1.82) is 0 Å². The molecule has 0 spiro atoms. The largest absolute Gasteiger partial charge is 0.358 e. The van der Waals surface area contributed by atoms with E-state index in [9.17, 15) is 9.59 Å². The van der Waals surface area contributed by atoms with Crippen LogP contribution in [0.5, 0.6) is 0 Å². The third-order valence-corrected chi connectivity index (χ3v) is 4.35. The predicted octanol–water partition coefficient (Wildman–Crippen LogP) is 3.29. The van der Waals surface area contributed by atoms with E-state index >= 15 is 0 Å². The number of aromatic nitrogens is 1. The van der Waals surface area contributed by atoms with E-state index in [1.165, 1.54) is 0 Å². The van der Waals surface area contributed by atoms with Gasteiger partial charge in [-0.3, -0.25) is 9.59 Å². The van der Waals surface area contributed by atoms with E-state index in [2.05, 4.69) is 31.5 Å². The van der Waals surface area contributed by atoms with Crippen LogP contribution in [0.25, 0.3) is 10.9 Å². The molecule has 1 aliphatic rings. The molecule has 0 fully saturated rings. The van der Waals surface area contributed by atoms with Gasteiger partial charge in [-0.05, 0) is 30.3 Å². The number of fused-ring (bicyclic) bond motifs is 2. The zero-order valence-corrected chi connectivity index (χ0v) is 13.5. The maximum Gasteiger partial charge on any atom is 0.269 e. The summed E-state index contributed by atoms with van der Waals surface area (Å²) in [4.78, 5) is 27.8. The first-order valence-electron chi connectivity index (χ1n) is 7.11. The SMILES string of the molecule is O=C(NC1Nc2cc(Br)ccc2C1=O)c1cc2ccccc2[nH]1. The molecule has 0 radical (unpaired) electrons. The Morgan fingerprint density at radius 2 is 1.96 bits per heavy atom.